The largest absolute Gasteiger partial charge is 0.387 e. The molecule has 1 rings (SSSR count). The van der Waals surface area contributed by atoms with Crippen molar-refractivity contribution in [2.24, 2.45) is 0 Å². The molecule has 1 aliphatic heterocycles. The molecule has 16 heavy (non-hydrogen) atoms. The van der Waals surface area contributed by atoms with Crippen molar-refractivity contribution >= 4 is 0 Å². The van der Waals surface area contributed by atoms with Gasteiger partial charge < -0.3 is 24.8 Å². The van der Waals surface area contributed by atoms with Crippen molar-refractivity contribution in [2.45, 2.75) is 12.0 Å². The van der Waals surface area contributed by atoms with Crippen molar-refractivity contribution in [2.75, 3.05) is 60.2 Å². The van der Waals surface area contributed by atoms with Crippen LogP contribution in [0.4, 0.5) is 0 Å². The van der Waals surface area contributed by atoms with Gasteiger partial charge in [0.1, 0.15) is 0 Å². The highest BCUT2D eigenvalue weighted by atomic mass is 16.5. The molecule has 1 unspecified atom stereocenters. The van der Waals surface area contributed by atoms with Gasteiger partial charge in [-0.15, -0.1) is 0 Å². The minimum atomic E-state index is -0.554. The second-order valence-electron chi connectivity index (χ2n) is 4.49. The lowest BCUT2D eigenvalue weighted by Crippen LogP contribution is -2.44. The van der Waals surface area contributed by atoms with Crippen molar-refractivity contribution < 1.29 is 14.6 Å². The Morgan fingerprint density at radius 3 is 2.81 bits per heavy atom. The van der Waals surface area contributed by atoms with Crippen LogP contribution in [0.3, 0.4) is 0 Å². The minimum Gasteiger partial charge on any atom is -0.387 e. The van der Waals surface area contributed by atoms with Gasteiger partial charge in [-0.1, -0.05) is 0 Å². The fourth-order valence-electron chi connectivity index (χ4n) is 1.91. The fraction of sp³-hybridized carbons (Fsp3) is 1.00. The molecule has 0 saturated carbocycles. The second-order valence-corrected chi connectivity index (χ2v) is 4.49. The van der Waals surface area contributed by atoms with Crippen LogP contribution >= 0.6 is 0 Å². The smallest absolute Gasteiger partial charge is 0.0909 e. The Hall–Kier alpha value is -0.200. The van der Waals surface area contributed by atoms with Crippen LogP contribution in [0.25, 0.3) is 0 Å². The highest BCUT2D eigenvalue weighted by molar-refractivity contribution is 4.89. The van der Waals surface area contributed by atoms with Gasteiger partial charge in [0.2, 0.25) is 0 Å². The van der Waals surface area contributed by atoms with E-state index in [4.69, 9.17) is 9.47 Å². The van der Waals surface area contributed by atoms with Gasteiger partial charge in [-0.25, -0.2) is 0 Å². The third-order valence-corrected chi connectivity index (χ3v) is 2.83. The summed E-state index contributed by atoms with van der Waals surface area (Å²) in [6.07, 6.45) is 0.835. The van der Waals surface area contributed by atoms with Crippen molar-refractivity contribution in [3.63, 3.8) is 0 Å². The predicted molar refractivity (Wildman–Crippen MR) is 62.6 cm³/mol. The molecule has 0 bridgehead atoms. The van der Waals surface area contributed by atoms with Crippen molar-refractivity contribution in [3.8, 4) is 0 Å². The van der Waals surface area contributed by atoms with Crippen molar-refractivity contribution in [1.82, 2.24) is 10.2 Å². The zero-order valence-electron chi connectivity index (χ0n) is 10.4. The molecule has 1 heterocycles. The lowest BCUT2D eigenvalue weighted by Gasteiger charge is -2.27. The molecule has 0 aliphatic carbocycles. The van der Waals surface area contributed by atoms with E-state index < -0.39 is 5.60 Å². The summed E-state index contributed by atoms with van der Waals surface area (Å²) < 4.78 is 10.3. The topological polar surface area (TPSA) is 54.0 Å². The molecule has 5 nitrogen and oxygen atoms in total. The molecule has 1 fully saturated rings. The summed E-state index contributed by atoms with van der Waals surface area (Å²) >= 11 is 0. The predicted octanol–water partition coefficient (Wildman–Crippen LogP) is -0.694. The zero-order chi connectivity index (χ0) is 11.9. The van der Waals surface area contributed by atoms with E-state index in [1.807, 2.05) is 7.05 Å². The quantitative estimate of drug-likeness (QED) is 0.542. The first-order valence-corrected chi connectivity index (χ1v) is 5.85. The summed E-state index contributed by atoms with van der Waals surface area (Å²) in [4.78, 5) is 2.11. The molecule has 0 amide bonds. The summed E-state index contributed by atoms with van der Waals surface area (Å²) in [5.74, 6) is 0. The van der Waals surface area contributed by atoms with Crippen LogP contribution in [0.2, 0.25) is 0 Å². The van der Waals surface area contributed by atoms with Gasteiger partial charge in [-0.3, -0.25) is 0 Å². The molecular weight excluding hydrogens is 208 g/mol. The summed E-state index contributed by atoms with van der Waals surface area (Å²) in [6, 6.07) is 0. The van der Waals surface area contributed by atoms with Crippen molar-refractivity contribution in [3.05, 3.63) is 0 Å². The van der Waals surface area contributed by atoms with Crippen LogP contribution in [0.5, 0.6) is 0 Å². The average molecular weight is 232 g/mol. The number of hydrogen-bond acceptors (Lipinski definition) is 5. The number of nitrogens with one attached hydrogen (secondary N) is 1. The maximum absolute atomic E-state index is 10.1. The molecule has 0 aromatic heterocycles. The monoisotopic (exact) mass is 232 g/mol. The molecule has 5 heteroatoms. The van der Waals surface area contributed by atoms with Gasteiger partial charge in [-0.2, -0.15) is 0 Å². The number of methoxy groups -OCH3 is 1. The van der Waals surface area contributed by atoms with Crippen LogP contribution in [0, 0.1) is 0 Å². The van der Waals surface area contributed by atoms with E-state index in [1.165, 1.54) is 0 Å². The molecule has 0 radical (unpaired) electrons. The number of rotatable bonds is 8. The maximum Gasteiger partial charge on any atom is 0.0909 e. The number of aliphatic hydroxyl groups is 1. The Labute approximate surface area is 97.7 Å². The molecule has 0 aromatic carbocycles. The normalized spacial score (nSPS) is 25.5. The zero-order valence-corrected chi connectivity index (χ0v) is 10.4. The molecule has 2 N–H and O–H groups in total. The first-order valence-electron chi connectivity index (χ1n) is 5.85. The van der Waals surface area contributed by atoms with Gasteiger partial charge in [0.15, 0.2) is 0 Å². The molecule has 1 aliphatic rings. The van der Waals surface area contributed by atoms with E-state index >= 15 is 0 Å². The van der Waals surface area contributed by atoms with Gasteiger partial charge in [0.05, 0.1) is 25.4 Å². The van der Waals surface area contributed by atoms with Crippen LogP contribution in [-0.2, 0) is 9.47 Å². The highest BCUT2D eigenvalue weighted by Crippen LogP contribution is 2.14. The first-order chi connectivity index (χ1) is 7.66. The van der Waals surface area contributed by atoms with Crippen LogP contribution < -0.4 is 5.32 Å². The van der Waals surface area contributed by atoms with E-state index in [-0.39, 0.29) is 0 Å². The number of nitrogens with zero attached hydrogens (tertiary/aromatic N) is 1. The Kier molecular flexibility index (Phi) is 6.23. The second kappa shape index (κ2) is 7.19. The average Bonchev–Trinajstić information content (AvgIpc) is 2.64. The molecule has 96 valence electrons. The Morgan fingerprint density at radius 2 is 2.19 bits per heavy atom. The molecular formula is C11H24N2O3. The van der Waals surface area contributed by atoms with Gasteiger partial charge in [0, 0.05) is 26.7 Å². The van der Waals surface area contributed by atoms with Crippen LogP contribution in [-0.4, -0.2) is 75.8 Å². The Morgan fingerprint density at radius 1 is 1.38 bits per heavy atom. The number of β-amino-alcohol motifs (C(OH)–C–C–N with tert-alkyl or cyclic N) is 1. The summed E-state index contributed by atoms with van der Waals surface area (Å²) in [5, 5.41) is 13.3. The third-order valence-electron chi connectivity index (χ3n) is 2.83. The molecule has 1 atom stereocenters. The summed E-state index contributed by atoms with van der Waals surface area (Å²) in [5.41, 5.74) is -0.554. The molecule has 0 spiro atoms. The van der Waals surface area contributed by atoms with E-state index in [1.54, 1.807) is 7.11 Å². The van der Waals surface area contributed by atoms with E-state index in [2.05, 4.69) is 10.2 Å². The van der Waals surface area contributed by atoms with E-state index in [0.29, 0.717) is 32.9 Å². The number of ether oxygens (including phenoxy) is 2. The van der Waals surface area contributed by atoms with Gasteiger partial charge in [0.25, 0.3) is 0 Å². The standard InChI is InChI=1S/C11H24N2O3/c1-13(5-6-16-8-7-15-2)10-11(14)3-4-12-9-11/h12,14H,3-10H2,1-2H3. The SMILES string of the molecule is COCCOCCN(C)CC1(O)CCNC1. The van der Waals surface area contributed by atoms with Crippen LogP contribution in [0.15, 0.2) is 0 Å². The van der Waals surface area contributed by atoms with E-state index in [0.717, 1.165) is 19.5 Å². The fourth-order valence-corrected chi connectivity index (χ4v) is 1.91. The summed E-state index contributed by atoms with van der Waals surface area (Å²) in [6.45, 7) is 5.10. The van der Waals surface area contributed by atoms with E-state index in [9.17, 15) is 5.11 Å². The third kappa shape index (κ3) is 5.23. The van der Waals surface area contributed by atoms with Gasteiger partial charge in [-0.05, 0) is 20.0 Å². The lowest BCUT2D eigenvalue weighted by atomic mass is 10.0. The first kappa shape index (κ1) is 13.9. The Bertz CT molecular complexity index is 184. The summed E-state index contributed by atoms with van der Waals surface area (Å²) in [7, 11) is 3.67. The Balaban J connectivity index is 2.04. The van der Waals surface area contributed by atoms with Crippen molar-refractivity contribution in [1.29, 1.82) is 0 Å². The van der Waals surface area contributed by atoms with Crippen LogP contribution in [0.1, 0.15) is 6.42 Å². The lowest BCUT2D eigenvalue weighted by molar-refractivity contribution is 0.0139. The highest BCUT2D eigenvalue weighted by Gasteiger charge is 2.31. The van der Waals surface area contributed by atoms with Gasteiger partial charge >= 0.3 is 0 Å². The number of likely N-dealkylation sites (N-methyl/N-ethyl adjacent to an activating group) is 1. The maximum atomic E-state index is 10.1. The minimum absolute atomic E-state index is 0.554. The number of hydrogen-bond donors (Lipinski definition) is 2. The molecule has 1 saturated heterocycles. The molecule has 0 aromatic rings.